The molecule has 1 heterocycles. The molecule has 5 heteroatoms. The zero-order valence-corrected chi connectivity index (χ0v) is 11.5. The van der Waals surface area contributed by atoms with Gasteiger partial charge in [0.2, 0.25) is 0 Å². The molecule has 0 spiro atoms. The summed E-state index contributed by atoms with van der Waals surface area (Å²) in [5.74, 6) is 0.320. The topological polar surface area (TPSA) is 21.3 Å². The van der Waals surface area contributed by atoms with Crippen LogP contribution < -0.4 is 5.32 Å². The molecule has 0 aliphatic carbocycles. The smallest absolute Gasteiger partial charge is 0.381 e. The molecule has 2 rings (SSSR count). The first-order chi connectivity index (χ1) is 9.50. The van der Waals surface area contributed by atoms with Gasteiger partial charge in [-0.05, 0) is 37.1 Å². The summed E-state index contributed by atoms with van der Waals surface area (Å²) >= 11 is 0. The minimum Gasteiger partial charge on any atom is -0.381 e. The van der Waals surface area contributed by atoms with E-state index in [2.05, 4.69) is 12.2 Å². The molecule has 1 saturated heterocycles. The van der Waals surface area contributed by atoms with Crippen molar-refractivity contribution in [1.82, 2.24) is 5.32 Å². The molecule has 1 fully saturated rings. The molecule has 0 saturated carbocycles. The van der Waals surface area contributed by atoms with Crippen molar-refractivity contribution in [2.75, 3.05) is 19.8 Å². The Kier molecular flexibility index (Phi) is 5.05. The molecular weight excluding hydrogens is 267 g/mol. The van der Waals surface area contributed by atoms with Gasteiger partial charge in [-0.2, -0.15) is 13.2 Å². The van der Waals surface area contributed by atoms with E-state index >= 15 is 0 Å². The number of hydrogen-bond acceptors (Lipinski definition) is 2. The molecule has 0 radical (unpaired) electrons. The fraction of sp³-hybridized carbons (Fsp3) is 0.600. The van der Waals surface area contributed by atoms with Crippen LogP contribution in [0.3, 0.4) is 0 Å². The van der Waals surface area contributed by atoms with Crippen molar-refractivity contribution in [2.24, 2.45) is 5.92 Å². The second-order valence-electron chi connectivity index (χ2n) is 5.19. The Bertz CT molecular complexity index is 414. The van der Waals surface area contributed by atoms with Gasteiger partial charge in [-0.1, -0.05) is 19.1 Å². The molecule has 0 bridgehead atoms. The highest BCUT2D eigenvalue weighted by molar-refractivity contribution is 5.25. The summed E-state index contributed by atoms with van der Waals surface area (Å²) in [7, 11) is 0. The number of benzene rings is 1. The predicted octanol–water partition coefficient (Wildman–Crippen LogP) is 3.26. The van der Waals surface area contributed by atoms with Crippen molar-refractivity contribution in [3.63, 3.8) is 0 Å². The van der Waals surface area contributed by atoms with Crippen LogP contribution in [0.5, 0.6) is 0 Å². The van der Waals surface area contributed by atoms with Crippen LogP contribution in [0.25, 0.3) is 0 Å². The van der Waals surface area contributed by atoms with Crippen molar-refractivity contribution in [2.45, 2.75) is 32.0 Å². The summed E-state index contributed by atoms with van der Waals surface area (Å²) in [5.41, 5.74) is 0.334. The number of rotatable bonds is 4. The maximum absolute atomic E-state index is 12.5. The van der Waals surface area contributed by atoms with E-state index in [1.807, 2.05) is 0 Å². The average Bonchev–Trinajstić information content (AvgIpc) is 2.41. The number of alkyl halides is 3. The molecule has 112 valence electrons. The molecule has 1 aromatic rings. The van der Waals surface area contributed by atoms with Crippen LogP contribution in [0.1, 0.15) is 24.5 Å². The Balaban J connectivity index is 2.01. The van der Waals surface area contributed by atoms with Crippen LogP contribution in [0.2, 0.25) is 0 Å². The Morgan fingerprint density at radius 2 is 1.95 bits per heavy atom. The Morgan fingerprint density at radius 3 is 2.55 bits per heavy atom. The van der Waals surface area contributed by atoms with Gasteiger partial charge in [0.05, 0.1) is 12.2 Å². The van der Waals surface area contributed by atoms with E-state index in [0.717, 1.165) is 43.7 Å². The normalized spacial score (nSPS) is 23.8. The van der Waals surface area contributed by atoms with Crippen LogP contribution in [-0.2, 0) is 17.3 Å². The number of hydrogen-bond donors (Lipinski definition) is 1. The summed E-state index contributed by atoms with van der Waals surface area (Å²) in [4.78, 5) is 0. The summed E-state index contributed by atoms with van der Waals surface area (Å²) in [6.45, 7) is 4.37. The van der Waals surface area contributed by atoms with Gasteiger partial charge in [0.25, 0.3) is 0 Å². The van der Waals surface area contributed by atoms with E-state index in [9.17, 15) is 13.2 Å². The fourth-order valence-corrected chi connectivity index (χ4v) is 2.66. The lowest BCUT2D eigenvalue weighted by molar-refractivity contribution is -0.137. The first-order valence-corrected chi connectivity index (χ1v) is 6.98. The molecule has 20 heavy (non-hydrogen) atoms. The standard InChI is InChI=1S/C15H20F3NO/c1-2-19-14-7-8-20-10-12(14)9-11-3-5-13(6-4-11)15(16,17)18/h3-6,12,14,19H,2,7-10H2,1H3. The lowest BCUT2D eigenvalue weighted by Crippen LogP contribution is -2.43. The Hall–Kier alpha value is -1.07. The van der Waals surface area contributed by atoms with E-state index in [1.54, 1.807) is 12.1 Å². The monoisotopic (exact) mass is 287 g/mol. The van der Waals surface area contributed by atoms with Gasteiger partial charge < -0.3 is 10.1 Å². The molecule has 1 aliphatic rings. The van der Waals surface area contributed by atoms with Crippen LogP contribution in [0.4, 0.5) is 13.2 Å². The van der Waals surface area contributed by atoms with Crippen molar-refractivity contribution >= 4 is 0 Å². The van der Waals surface area contributed by atoms with Crippen LogP contribution >= 0.6 is 0 Å². The zero-order valence-electron chi connectivity index (χ0n) is 11.5. The first kappa shape index (κ1) is 15.3. The third kappa shape index (κ3) is 3.96. The van der Waals surface area contributed by atoms with Crippen molar-refractivity contribution in [1.29, 1.82) is 0 Å². The molecule has 2 atom stereocenters. The van der Waals surface area contributed by atoms with Gasteiger partial charge in [0.1, 0.15) is 0 Å². The molecular formula is C15H20F3NO. The highest BCUT2D eigenvalue weighted by Crippen LogP contribution is 2.29. The van der Waals surface area contributed by atoms with Gasteiger partial charge >= 0.3 is 6.18 Å². The van der Waals surface area contributed by atoms with E-state index in [1.165, 1.54) is 0 Å². The molecule has 2 unspecified atom stereocenters. The van der Waals surface area contributed by atoms with Crippen LogP contribution in [-0.4, -0.2) is 25.8 Å². The van der Waals surface area contributed by atoms with Gasteiger partial charge in [-0.15, -0.1) is 0 Å². The summed E-state index contributed by atoms with van der Waals surface area (Å²) in [6.07, 6.45) is -2.56. The predicted molar refractivity (Wildman–Crippen MR) is 71.5 cm³/mol. The molecule has 2 nitrogen and oxygen atoms in total. The van der Waals surface area contributed by atoms with E-state index in [4.69, 9.17) is 4.74 Å². The molecule has 1 aliphatic heterocycles. The Morgan fingerprint density at radius 1 is 1.25 bits per heavy atom. The third-order valence-corrected chi connectivity index (χ3v) is 3.72. The second kappa shape index (κ2) is 6.59. The highest BCUT2D eigenvalue weighted by atomic mass is 19.4. The van der Waals surface area contributed by atoms with E-state index in [0.29, 0.717) is 18.6 Å². The van der Waals surface area contributed by atoms with Crippen molar-refractivity contribution in [3.05, 3.63) is 35.4 Å². The summed E-state index contributed by atoms with van der Waals surface area (Å²) in [6, 6.07) is 5.83. The molecule has 0 aromatic heterocycles. The fourth-order valence-electron chi connectivity index (χ4n) is 2.66. The number of halogens is 3. The molecule has 1 N–H and O–H groups in total. The van der Waals surface area contributed by atoms with Crippen molar-refractivity contribution in [3.8, 4) is 0 Å². The van der Waals surface area contributed by atoms with Crippen LogP contribution in [0.15, 0.2) is 24.3 Å². The van der Waals surface area contributed by atoms with Gasteiger partial charge in [0, 0.05) is 18.6 Å². The molecule has 1 aromatic carbocycles. The van der Waals surface area contributed by atoms with Crippen LogP contribution in [0, 0.1) is 5.92 Å². The Labute approximate surface area is 117 Å². The molecule has 0 amide bonds. The van der Waals surface area contributed by atoms with Gasteiger partial charge in [0.15, 0.2) is 0 Å². The largest absolute Gasteiger partial charge is 0.416 e. The van der Waals surface area contributed by atoms with Gasteiger partial charge in [-0.3, -0.25) is 0 Å². The summed E-state index contributed by atoms with van der Waals surface area (Å²) < 4.78 is 43.0. The zero-order chi connectivity index (χ0) is 14.6. The minimum absolute atomic E-state index is 0.320. The lowest BCUT2D eigenvalue weighted by atomic mass is 9.89. The van der Waals surface area contributed by atoms with E-state index < -0.39 is 11.7 Å². The van der Waals surface area contributed by atoms with E-state index in [-0.39, 0.29) is 0 Å². The number of ether oxygens (including phenoxy) is 1. The SMILES string of the molecule is CCNC1CCOCC1Cc1ccc(C(F)(F)F)cc1. The first-order valence-electron chi connectivity index (χ1n) is 6.98. The third-order valence-electron chi connectivity index (χ3n) is 3.72. The highest BCUT2D eigenvalue weighted by Gasteiger charge is 2.30. The maximum atomic E-state index is 12.5. The quantitative estimate of drug-likeness (QED) is 0.917. The average molecular weight is 287 g/mol. The number of nitrogens with one attached hydrogen (secondary N) is 1. The lowest BCUT2D eigenvalue weighted by Gasteiger charge is -2.32. The minimum atomic E-state index is -4.27. The maximum Gasteiger partial charge on any atom is 0.416 e. The van der Waals surface area contributed by atoms with Crippen molar-refractivity contribution < 1.29 is 17.9 Å². The second-order valence-corrected chi connectivity index (χ2v) is 5.19. The summed E-state index contributed by atoms with van der Waals surface area (Å²) in [5, 5.41) is 3.43. The van der Waals surface area contributed by atoms with Gasteiger partial charge in [-0.25, -0.2) is 0 Å².